The van der Waals surface area contributed by atoms with Crippen molar-refractivity contribution in [3.05, 3.63) is 77.0 Å². The molecule has 3 aromatic rings. The van der Waals surface area contributed by atoms with Crippen LogP contribution in [0.2, 0.25) is 0 Å². The molecule has 2 aromatic carbocycles. The molecule has 3 unspecified atom stereocenters. The number of hydrogen-bond donors (Lipinski definition) is 3. The topological polar surface area (TPSA) is 76.6 Å². The Morgan fingerprint density at radius 2 is 2.00 bits per heavy atom. The van der Waals surface area contributed by atoms with Gasteiger partial charge in [0.2, 0.25) is 0 Å². The first-order valence-corrected chi connectivity index (χ1v) is 11.8. The predicted molar refractivity (Wildman–Crippen MR) is 133 cm³/mol. The molecular weight excluding hydrogens is 412 g/mol. The number of allylic oxidation sites excluding steroid dienone is 1. The van der Waals surface area contributed by atoms with Crippen LogP contribution in [0.4, 0.5) is 0 Å². The summed E-state index contributed by atoms with van der Waals surface area (Å²) in [6.07, 6.45) is 4.24. The zero-order chi connectivity index (χ0) is 23.5. The van der Waals surface area contributed by atoms with Gasteiger partial charge in [0, 0.05) is 41.3 Å². The van der Waals surface area contributed by atoms with E-state index in [0.29, 0.717) is 22.9 Å². The van der Waals surface area contributed by atoms with Crippen LogP contribution in [0.1, 0.15) is 61.1 Å². The fraction of sp³-hybridized carbons (Fsp3) is 0.393. The number of hydrogen-bond acceptors (Lipinski definition) is 4. The van der Waals surface area contributed by atoms with Gasteiger partial charge < -0.3 is 15.2 Å². The third-order valence-electron chi connectivity index (χ3n) is 7.11. The summed E-state index contributed by atoms with van der Waals surface area (Å²) in [5.41, 5.74) is 4.95. The Labute approximate surface area is 195 Å². The van der Waals surface area contributed by atoms with Crippen molar-refractivity contribution in [3.63, 3.8) is 0 Å². The van der Waals surface area contributed by atoms with Crippen molar-refractivity contribution >= 4 is 16.7 Å². The molecule has 1 fully saturated rings. The highest BCUT2D eigenvalue weighted by atomic mass is 16.3. The highest BCUT2D eigenvalue weighted by Crippen LogP contribution is 2.37. The summed E-state index contributed by atoms with van der Waals surface area (Å²) < 4.78 is 0. The van der Waals surface area contributed by atoms with Crippen LogP contribution in [0.3, 0.4) is 0 Å². The number of aromatic hydroxyl groups is 1. The van der Waals surface area contributed by atoms with E-state index in [9.17, 15) is 15.0 Å². The van der Waals surface area contributed by atoms with Crippen molar-refractivity contribution in [2.24, 2.45) is 5.92 Å². The minimum absolute atomic E-state index is 0.111. The van der Waals surface area contributed by atoms with Gasteiger partial charge in [-0.05, 0) is 62.3 Å². The van der Waals surface area contributed by atoms with Gasteiger partial charge in [0.15, 0.2) is 5.78 Å². The van der Waals surface area contributed by atoms with Gasteiger partial charge in [0.05, 0.1) is 0 Å². The smallest absolute Gasteiger partial charge is 0.190 e. The van der Waals surface area contributed by atoms with Gasteiger partial charge in [-0.15, -0.1) is 0 Å². The Bertz CT molecular complexity index is 1150. The Balaban J connectivity index is 1.59. The summed E-state index contributed by atoms with van der Waals surface area (Å²) >= 11 is 0. The van der Waals surface area contributed by atoms with Crippen LogP contribution in [0.25, 0.3) is 10.9 Å². The number of likely N-dealkylation sites (tertiary alicyclic amines) is 1. The normalized spacial score (nSPS) is 21.5. The lowest BCUT2D eigenvalue weighted by Crippen LogP contribution is -2.43. The van der Waals surface area contributed by atoms with Crippen LogP contribution in [0.15, 0.2) is 60.2 Å². The lowest BCUT2D eigenvalue weighted by molar-refractivity contribution is 0.0903. The van der Waals surface area contributed by atoms with E-state index in [1.54, 1.807) is 18.2 Å². The average Bonchev–Trinajstić information content (AvgIpc) is 3.20. The number of piperidine rings is 1. The summed E-state index contributed by atoms with van der Waals surface area (Å²) in [7, 11) is 0. The van der Waals surface area contributed by atoms with Crippen LogP contribution < -0.4 is 0 Å². The molecule has 1 aliphatic heterocycles. The molecule has 0 aliphatic carbocycles. The molecule has 3 N–H and O–H groups in total. The average molecular weight is 447 g/mol. The summed E-state index contributed by atoms with van der Waals surface area (Å²) in [6, 6.07) is 16.0. The maximum Gasteiger partial charge on any atom is 0.190 e. The number of aromatic amines is 1. The second kappa shape index (κ2) is 9.94. The molecule has 0 amide bonds. The number of nitrogens with one attached hydrogen (secondary N) is 1. The van der Waals surface area contributed by atoms with Crippen LogP contribution in [-0.2, 0) is 6.54 Å². The molecule has 0 radical (unpaired) electrons. The van der Waals surface area contributed by atoms with E-state index >= 15 is 0 Å². The number of ketones is 1. The number of H-pyrrole nitrogens is 1. The van der Waals surface area contributed by atoms with Crippen molar-refractivity contribution in [3.8, 4) is 5.75 Å². The first-order valence-electron chi connectivity index (χ1n) is 11.8. The second-order valence-electron chi connectivity index (χ2n) is 9.39. The van der Waals surface area contributed by atoms with E-state index in [-0.39, 0.29) is 17.5 Å². The van der Waals surface area contributed by atoms with Crippen LogP contribution >= 0.6 is 0 Å². The largest absolute Gasteiger partial charge is 0.508 e. The minimum atomic E-state index is -0.545. The van der Waals surface area contributed by atoms with Gasteiger partial charge in [0.1, 0.15) is 12.4 Å². The number of phenols is 1. The number of carbonyl (C=O) groups excluding carboxylic acids is 1. The maximum absolute atomic E-state index is 12.6. The van der Waals surface area contributed by atoms with Gasteiger partial charge in [-0.3, -0.25) is 9.69 Å². The van der Waals surface area contributed by atoms with Gasteiger partial charge in [-0.25, -0.2) is 0 Å². The predicted octanol–water partition coefficient (Wildman–Crippen LogP) is 5.40. The van der Waals surface area contributed by atoms with Gasteiger partial charge in [0.25, 0.3) is 0 Å². The van der Waals surface area contributed by atoms with Gasteiger partial charge >= 0.3 is 0 Å². The number of benzene rings is 2. The van der Waals surface area contributed by atoms with Crippen LogP contribution in [0.5, 0.6) is 5.75 Å². The zero-order valence-corrected chi connectivity index (χ0v) is 19.7. The molecule has 1 saturated heterocycles. The number of Topliss-reactive ketones (excluding diaryl/α,β-unsaturated/α-hetero) is 1. The van der Waals surface area contributed by atoms with E-state index < -0.39 is 6.61 Å². The monoisotopic (exact) mass is 446 g/mol. The highest BCUT2D eigenvalue weighted by molar-refractivity contribution is 6.10. The van der Waals surface area contributed by atoms with E-state index in [0.717, 1.165) is 37.1 Å². The van der Waals surface area contributed by atoms with Crippen molar-refractivity contribution < 1.29 is 15.0 Å². The first-order chi connectivity index (χ1) is 15.9. The molecule has 0 spiro atoms. The van der Waals surface area contributed by atoms with Gasteiger partial charge in [-0.2, -0.15) is 0 Å². The summed E-state index contributed by atoms with van der Waals surface area (Å²) in [5.74, 6) is 0.372. The Morgan fingerprint density at radius 1 is 1.24 bits per heavy atom. The molecule has 5 heteroatoms. The number of fused-ring (bicyclic) bond motifs is 1. The Hall–Kier alpha value is -2.89. The summed E-state index contributed by atoms with van der Waals surface area (Å²) in [6.45, 7) is 7.94. The second-order valence-corrected chi connectivity index (χ2v) is 9.39. The molecule has 0 bridgehead atoms. The number of aromatic nitrogens is 1. The molecule has 1 aromatic heterocycles. The number of aliphatic hydroxyl groups is 1. The third-order valence-corrected chi connectivity index (χ3v) is 7.11. The van der Waals surface area contributed by atoms with E-state index in [1.807, 2.05) is 0 Å². The van der Waals surface area contributed by atoms with Gasteiger partial charge in [-0.1, -0.05) is 48.9 Å². The fourth-order valence-electron chi connectivity index (χ4n) is 5.40. The standard InChI is InChI=1S/C28H34N2O3/c1-4-22-13-21(16-30(19(22)3)15-20-8-6-5-7-9-20)12-18(2)28-27(26(33)17-31)24-14-23(32)10-11-25(24)29-28/h4-11,14,18-19,21,29,31-32H,12-13,15-17H2,1-3H3/b22-4+. The number of carbonyl (C=O) groups is 1. The molecular formula is C28H34N2O3. The molecule has 2 heterocycles. The molecule has 1 aliphatic rings. The summed E-state index contributed by atoms with van der Waals surface area (Å²) in [5, 5.41) is 20.2. The number of nitrogens with zero attached hydrogens (tertiary/aromatic N) is 1. The summed E-state index contributed by atoms with van der Waals surface area (Å²) in [4.78, 5) is 18.6. The lowest BCUT2D eigenvalue weighted by Gasteiger charge is -2.41. The van der Waals surface area contributed by atoms with E-state index in [4.69, 9.17) is 0 Å². The quantitative estimate of drug-likeness (QED) is 0.336. The van der Waals surface area contributed by atoms with Crippen molar-refractivity contribution in [1.82, 2.24) is 9.88 Å². The van der Waals surface area contributed by atoms with E-state index in [1.165, 1.54) is 11.1 Å². The molecule has 4 rings (SSSR count). The minimum Gasteiger partial charge on any atom is -0.508 e. The fourth-order valence-corrected chi connectivity index (χ4v) is 5.40. The van der Waals surface area contributed by atoms with E-state index in [2.05, 4.69) is 67.1 Å². The SMILES string of the molecule is C/C=C1\CC(CC(C)c2[nH]c3ccc(O)cc3c2C(=O)CO)CN(Cc2ccccc2)C1C. The lowest BCUT2D eigenvalue weighted by atomic mass is 9.81. The first kappa shape index (κ1) is 23.3. The third kappa shape index (κ3) is 4.90. The molecule has 174 valence electrons. The molecule has 5 nitrogen and oxygen atoms in total. The van der Waals surface area contributed by atoms with Crippen molar-refractivity contribution in [2.75, 3.05) is 13.2 Å². The number of phenolic OH excluding ortho intramolecular Hbond substituents is 1. The Kier molecular flexibility index (Phi) is 7.01. The zero-order valence-electron chi connectivity index (χ0n) is 19.7. The van der Waals surface area contributed by atoms with Crippen LogP contribution in [0, 0.1) is 5.92 Å². The maximum atomic E-state index is 12.6. The molecule has 3 atom stereocenters. The highest BCUT2D eigenvalue weighted by Gasteiger charge is 2.31. The number of rotatable bonds is 7. The molecule has 0 saturated carbocycles. The molecule has 33 heavy (non-hydrogen) atoms. The van der Waals surface area contributed by atoms with Crippen molar-refractivity contribution in [1.29, 1.82) is 0 Å². The van der Waals surface area contributed by atoms with Crippen LogP contribution in [-0.4, -0.2) is 45.1 Å². The number of aliphatic hydroxyl groups excluding tert-OH is 1. The Morgan fingerprint density at radius 3 is 2.70 bits per heavy atom. The van der Waals surface area contributed by atoms with Crippen molar-refractivity contribution in [2.45, 2.75) is 52.1 Å².